The highest BCUT2D eigenvalue weighted by Gasteiger charge is 2.23. The van der Waals surface area contributed by atoms with Gasteiger partial charge in [0.15, 0.2) is 0 Å². The predicted octanol–water partition coefficient (Wildman–Crippen LogP) is 2.94. The Morgan fingerprint density at radius 1 is 1.06 bits per heavy atom. The molecule has 0 aliphatic heterocycles. The van der Waals surface area contributed by atoms with E-state index in [1.54, 1.807) is 0 Å². The summed E-state index contributed by atoms with van der Waals surface area (Å²) in [4.78, 5) is 2.30. The number of hydrogen-bond donors (Lipinski definition) is 0. The Balaban J connectivity index is 2.40. The lowest BCUT2D eigenvalue weighted by atomic mass is 9.80. The molecule has 3 nitrogen and oxygen atoms in total. The smallest absolute Gasteiger partial charge is 0.0635 e. The average molecular weight is 233 g/mol. The quantitative estimate of drug-likeness (QED) is 0.708. The zero-order valence-electron chi connectivity index (χ0n) is 10.9. The van der Waals surface area contributed by atoms with Gasteiger partial charge in [-0.1, -0.05) is 26.2 Å². The van der Waals surface area contributed by atoms with Crippen molar-refractivity contribution in [3.05, 3.63) is 0 Å². The largest absolute Gasteiger partial charge is 0.301 e. The lowest BCUT2D eigenvalue weighted by Gasteiger charge is -2.33. The van der Waals surface area contributed by atoms with Crippen LogP contribution in [0.4, 0.5) is 0 Å². The molecule has 0 bridgehead atoms. The van der Waals surface area contributed by atoms with Crippen LogP contribution in [0, 0.1) is 34.5 Å². The van der Waals surface area contributed by atoms with Gasteiger partial charge in [0.25, 0.3) is 0 Å². The molecule has 0 aromatic heterocycles. The van der Waals surface area contributed by atoms with Crippen LogP contribution in [0.1, 0.15) is 45.4 Å². The molecule has 1 saturated carbocycles. The Bertz CT molecular complexity index is 269. The van der Waals surface area contributed by atoms with Crippen molar-refractivity contribution in [1.82, 2.24) is 4.90 Å². The van der Waals surface area contributed by atoms with Gasteiger partial charge in [0.05, 0.1) is 12.1 Å². The molecule has 0 N–H and O–H groups in total. The monoisotopic (exact) mass is 233 g/mol. The summed E-state index contributed by atoms with van der Waals surface area (Å²) in [5.41, 5.74) is 0. The Morgan fingerprint density at radius 3 is 2.18 bits per heavy atom. The summed E-state index contributed by atoms with van der Waals surface area (Å²) in [7, 11) is 0. The molecule has 2 atom stereocenters. The van der Waals surface area contributed by atoms with Crippen molar-refractivity contribution in [2.24, 2.45) is 11.8 Å². The van der Waals surface area contributed by atoms with Crippen molar-refractivity contribution < 1.29 is 0 Å². The van der Waals surface area contributed by atoms with E-state index in [9.17, 15) is 0 Å². The fourth-order valence-corrected chi connectivity index (χ4v) is 2.71. The number of rotatable bonds is 6. The summed E-state index contributed by atoms with van der Waals surface area (Å²) >= 11 is 0. The third kappa shape index (κ3) is 5.20. The van der Waals surface area contributed by atoms with E-state index < -0.39 is 0 Å². The van der Waals surface area contributed by atoms with Gasteiger partial charge in [-0.3, -0.25) is 0 Å². The van der Waals surface area contributed by atoms with Crippen LogP contribution in [0.15, 0.2) is 0 Å². The van der Waals surface area contributed by atoms with E-state index in [1.807, 2.05) is 0 Å². The second-order valence-electron chi connectivity index (χ2n) is 5.14. The molecule has 3 heteroatoms. The zero-order valence-corrected chi connectivity index (χ0v) is 10.9. The van der Waals surface area contributed by atoms with Crippen LogP contribution in [0.2, 0.25) is 0 Å². The minimum Gasteiger partial charge on any atom is -0.301 e. The van der Waals surface area contributed by atoms with Gasteiger partial charge in [0.2, 0.25) is 0 Å². The third-order valence-electron chi connectivity index (χ3n) is 3.86. The highest BCUT2D eigenvalue weighted by atomic mass is 15.1. The summed E-state index contributed by atoms with van der Waals surface area (Å²) in [5, 5.41) is 17.3. The molecule has 0 radical (unpaired) electrons. The molecular formula is C14H23N3. The first kappa shape index (κ1) is 14.0. The molecule has 1 rings (SSSR count). The van der Waals surface area contributed by atoms with Crippen LogP contribution < -0.4 is 0 Å². The maximum absolute atomic E-state index is 8.66. The lowest BCUT2D eigenvalue weighted by Crippen LogP contribution is -2.35. The minimum atomic E-state index is 0.576. The van der Waals surface area contributed by atoms with Gasteiger partial charge in [-0.25, -0.2) is 0 Å². The summed E-state index contributed by atoms with van der Waals surface area (Å²) in [6.07, 6.45) is 6.53. The van der Waals surface area contributed by atoms with Gasteiger partial charge < -0.3 is 4.90 Å². The topological polar surface area (TPSA) is 50.8 Å². The van der Waals surface area contributed by atoms with Gasteiger partial charge in [0, 0.05) is 32.5 Å². The van der Waals surface area contributed by atoms with Crippen molar-refractivity contribution in [1.29, 1.82) is 10.5 Å². The van der Waals surface area contributed by atoms with E-state index in [-0.39, 0.29) is 0 Å². The zero-order chi connectivity index (χ0) is 12.5. The highest BCUT2D eigenvalue weighted by Crippen LogP contribution is 2.30. The van der Waals surface area contributed by atoms with Gasteiger partial charge in [0.1, 0.15) is 0 Å². The second kappa shape index (κ2) is 8.09. The first-order chi connectivity index (χ1) is 8.27. The van der Waals surface area contributed by atoms with E-state index in [0.29, 0.717) is 12.8 Å². The standard InChI is InChI=1S/C14H23N3/c1-13-6-2-3-7-14(13)12-17(10-4-8-15)11-5-9-16/h13-14H,2-7,10-12H2,1H3/t13-,14-/m1/s1. The first-order valence-corrected chi connectivity index (χ1v) is 6.74. The predicted molar refractivity (Wildman–Crippen MR) is 68.0 cm³/mol. The van der Waals surface area contributed by atoms with Crippen molar-refractivity contribution in [3.63, 3.8) is 0 Å². The molecule has 0 heterocycles. The first-order valence-electron chi connectivity index (χ1n) is 6.74. The SMILES string of the molecule is C[C@@H]1CCCC[C@@H]1CN(CCC#N)CCC#N. The van der Waals surface area contributed by atoms with Gasteiger partial charge >= 0.3 is 0 Å². The number of nitrogens with zero attached hydrogens (tertiary/aromatic N) is 3. The van der Waals surface area contributed by atoms with Crippen molar-refractivity contribution in [2.45, 2.75) is 45.4 Å². The molecule has 0 aromatic carbocycles. The molecule has 0 amide bonds. The van der Waals surface area contributed by atoms with Gasteiger partial charge in [-0.15, -0.1) is 0 Å². The fourth-order valence-electron chi connectivity index (χ4n) is 2.71. The maximum atomic E-state index is 8.66. The molecule has 0 aromatic rings. The number of hydrogen-bond acceptors (Lipinski definition) is 3. The maximum Gasteiger partial charge on any atom is 0.0635 e. The van der Waals surface area contributed by atoms with E-state index in [4.69, 9.17) is 10.5 Å². The molecule has 17 heavy (non-hydrogen) atoms. The number of nitriles is 2. The van der Waals surface area contributed by atoms with Crippen LogP contribution in [0.5, 0.6) is 0 Å². The van der Waals surface area contributed by atoms with Crippen molar-refractivity contribution in [3.8, 4) is 12.1 Å². The molecule has 94 valence electrons. The van der Waals surface area contributed by atoms with E-state index >= 15 is 0 Å². The Labute approximate surface area is 105 Å². The molecule has 1 fully saturated rings. The average Bonchev–Trinajstić information content (AvgIpc) is 2.35. The highest BCUT2D eigenvalue weighted by molar-refractivity contribution is 4.80. The summed E-state index contributed by atoms with van der Waals surface area (Å²) in [5.74, 6) is 1.57. The van der Waals surface area contributed by atoms with E-state index in [2.05, 4.69) is 24.0 Å². The summed E-state index contributed by atoms with van der Waals surface area (Å²) < 4.78 is 0. The molecule has 1 aliphatic rings. The minimum absolute atomic E-state index is 0.576. The van der Waals surface area contributed by atoms with Crippen LogP contribution >= 0.6 is 0 Å². The fraction of sp³-hybridized carbons (Fsp3) is 0.857. The second-order valence-corrected chi connectivity index (χ2v) is 5.14. The van der Waals surface area contributed by atoms with Crippen LogP contribution in [0.3, 0.4) is 0 Å². The molecule has 0 spiro atoms. The molecular weight excluding hydrogens is 210 g/mol. The Morgan fingerprint density at radius 2 is 1.65 bits per heavy atom. The van der Waals surface area contributed by atoms with Crippen LogP contribution in [-0.2, 0) is 0 Å². The third-order valence-corrected chi connectivity index (χ3v) is 3.86. The molecule has 1 aliphatic carbocycles. The van der Waals surface area contributed by atoms with Crippen molar-refractivity contribution >= 4 is 0 Å². The summed E-state index contributed by atoms with van der Waals surface area (Å²) in [6, 6.07) is 4.40. The van der Waals surface area contributed by atoms with Crippen LogP contribution in [-0.4, -0.2) is 24.5 Å². The van der Waals surface area contributed by atoms with Gasteiger partial charge in [-0.05, 0) is 18.3 Å². The van der Waals surface area contributed by atoms with E-state index in [0.717, 1.165) is 31.5 Å². The lowest BCUT2D eigenvalue weighted by molar-refractivity contribution is 0.163. The van der Waals surface area contributed by atoms with Gasteiger partial charge in [-0.2, -0.15) is 10.5 Å². The van der Waals surface area contributed by atoms with E-state index in [1.165, 1.54) is 25.7 Å². The molecule has 0 saturated heterocycles. The Kier molecular flexibility index (Phi) is 6.67. The van der Waals surface area contributed by atoms with Crippen LogP contribution in [0.25, 0.3) is 0 Å². The summed E-state index contributed by atoms with van der Waals surface area (Å²) in [6.45, 7) is 5.06. The van der Waals surface area contributed by atoms with Crippen molar-refractivity contribution in [2.75, 3.05) is 19.6 Å². The Hall–Kier alpha value is -1.06. The normalized spacial score (nSPS) is 24.2. The molecule has 0 unspecified atom stereocenters.